The van der Waals surface area contributed by atoms with Crippen LogP contribution in [0.5, 0.6) is 0 Å². The van der Waals surface area contributed by atoms with Crippen LogP contribution < -0.4 is 15.5 Å². The first kappa shape index (κ1) is 22.0. The average molecular weight is 434 g/mol. The molecule has 0 spiro atoms. The van der Waals surface area contributed by atoms with E-state index in [0.717, 1.165) is 32.1 Å². The Balaban J connectivity index is 0.00000484. The number of rotatable bonds is 9. The molecule has 0 atom stereocenters. The molecule has 0 aromatic heterocycles. The molecule has 0 amide bonds. The lowest BCUT2D eigenvalue weighted by Gasteiger charge is -2.25. The van der Waals surface area contributed by atoms with Gasteiger partial charge < -0.3 is 20.3 Å². The standard InChI is InChI=1S/C17H30N4O.HI/c1-5-18-17(20-12-14-22-4)19-11-13-21(6-2)16-10-8-7-9-15(16)3;/h7-10H,5-6,11-14H2,1-4H3,(H2,18,19,20);1H. The van der Waals surface area contributed by atoms with Gasteiger partial charge in [-0.2, -0.15) is 0 Å². The van der Waals surface area contributed by atoms with Crippen molar-refractivity contribution in [2.24, 2.45) is 4.99 Å². The quantitative estimate of drug-likeness (QED) is 0.272. The molecule has 6 heteroatoms. The minimum absolute atomic E-state index is 0. The van der Waals surface area contributed by atoms with E-state index in [1.807, 2.05) is 0 Å². The first-order valence-corrected chi connectivity index (χ1v) is 8.04. The van der Waals surface area contributed by atoms with Crippen LogP contribution in [-0.2, 0) is 4.74 Å². The number of guanidine groups is 1. The molecule has 0 aliphatic heterocycles. The summed E-state index contributed by atoms with van der Waals surface area (Å²) in [7, 11) is 1.69. The first-order valence-electron chi connectivity index (χ1n) is 8.04. The molecule has 5 nitrogen and oxygen atoms in total. The van der Waals surface area contributed by atoms with Crippen LogP contribution in [0.25, 0.3) is 0 Å². The fraction of sp³-hybridized carbons (Fsp3) is 0.588. The highest BCUT2D eigenvalue weighted by atomic mass is 127. The molecule has 1 rings (SSSR count). The Labute approximate surface area is 157 Å². The Morgan fingerprint density at radius 1 is 1.22 bits per heavy atom. The summed E-state index contributed by atoms with van der Waals surface area (Å²) in [6, 6.07) is 8.50. The summed E-state index contributed by atoms with van der Waals surface area (Å²) in [6.07, 6.45) is 0. The van der Waals surface area contributed by atoms with Crippen molar-refractivity contribution in [3.05, 3.63) is 29.8 Å². The van der Waals surface area contributed by atoms with Crippen LogP contribution in [-0.4, -0.2) is 52.4 Å². The van der Waals surface area contributed by atoms with E-state index in [-0.39, 0.29) is 24.0 Å². The minimum atomic E-state index is 0. The monoisotopic (exact) mass is 434 g/mol. The van der Waals surface area contributed by atoms with Gasteiger partial charge in [0.1, 0.15) is 0 Å². The lowest BCUT2D eigenvalue weighted by atomic mass is 10.2. The van der Waals surface area contributed by atoms with Crippen LogP contribution in [0, 0.1) is 6.92 Å². The summed E-state index contributed by atoms with van der Waals surface area (Å²) in [6.45, 7) is 11.3. The highest BCUT2D eigenvalue weighted by Gasteiger charge is 2.06. The number of benzene rings is 1. The maximum Gasteiger partial charge on any atom is 0.191 e. The third-order valence-corrected chi connectivity index (χ3v) is 3.42. The molecule has 0 saturated carbocycles. The van der Waals surface area contributed by atoms with Crippen LogP contribution in [0.2, 0.25) is 0 Å². The van der Waals surface area contributed by atoms with E-state index in [9.17, 15) is 0 Å². The smallest absolute Gasteiger partial charge is 0.191 e. The number of nitrogens with zero attached hydrogens (tertiary/aromatic N) is 2. The summed E-state index contributed by atoms with van der Waals surface area (Å²) in [5.41, 5.74) is 2.61. The van der Waals surface area contributed by atoms with E-state index in [4.69, 9.17) is 4.74 Å². The fourth-order valence-electron chi connectivity index (χ4n) is 2.27. The number of para-hydroxylation sites is 1. The molecule has 23 heavy (non-hydrogen) atoms. The molecular weight excluding hydrogens is 403 g/mol. The van der Waals surface area contributed by atoms with Crippen LogP contribution in [0.1, 0.15) is 19.4 Å². The van der Waals surface area contributed by atoms with Crippen molar-refractivity contribution in [1.82, 2.24) is 10.6 Å². The Bertz CT molecular complexity index is 454. The number of hydrogen-bond acceptors (Lipinski definition) is 3. The summed E-state index contributed by atoms with van der Waals surface area (Å²) >= 11 is 0. The van der Waals surface area contributed by atoms with Crippen molar-refractivity contribution in [2.45, 2.75) is 20.8 Å². The molecule has 1 aromatic rings. The van der Waals surface area contributed by atoms with E-state index in [2.05, 4.69) is 65.6 Å². The highest BCUT2D eigenvalue weighted by molar-refractivity contribution is 14.0. The van der Waals surface area contributed by atoms with Gasteiger partial charge in [-0.1, -0.05) is 18.2 Å². The number of nitrogens with one attached hydrogen (secondary N) is 2. The van der Waals surface area contributed by atoms with Crippen molar-refractivity contribution < 1.29 is 4.74 Å². The van der Waals surface area contributed by atoms with Gasteiger partial charge in [-0.15, -0.1) is 24.0 Å². The van der Waals surface area contributed by atoms with E-state index in [1.165, 1.54) is 11.3 Å². The lowest BCUT2D eigenvalue weighted by molar-refractivity contribution is 0.208. The fourth-order valence-corrected chi connectivity index (χ4v) is 2.27. The molecule has 0 saturated heterocycles. The van der Waals surface area contributed by atoms with Crippen LogP contribution >= 0.6 is 24.0 Å². The molecule has 0 heterocycles. The SMILES string of the molecule is CCNC(=NCCOC)NCCN(CC)c1ccccc1C.I. The number of likely N-dealkylation sites (N-methyl/N-ethyl adjacent to an activating group) is 1. The number of ether oxygens (including phenoxy) is 1. The van der Waals surface area contributed by atoms with Gasteiger partial charge in [0.05, 0.1) is 13.2 Å². The largest absolute Gasteiger partial charge is 0.383 e. The predicted octanol–water partition coefficient (Wildman–Crippen LogP) is 2.64. The zero-order valence-electron chi connectivity index (χ0n) is 14.8. The van der Waals surface area contributed by atoms with Gasteiger partial charge in [0.2, 0.25) is 0 Å². The van der Waals surface area contributed by atoms with Crippen molar-refractivity contribution in [3.8, 4) is 0 Å². The Hall–Kier alpha value is -1.02. The molecule has 2 N–H and O–H groups in total. The summed E-state index contributed by atoms with van der Waals surface area (Å²) in [4.78, 5) is 6.84. The first-order chi connectivity index (χ1) is 10.7. The number of methoxy groups -OCH3 is 1. The summed E-state index contributed by atoms with van der Waals surface area (Å²) < 4.78 is 5.03. The molecular formula is C17H31IN4O. The van der Waals surface area contributed by atoms with Crippen LogP contribution in [0.4, 0.5) is 5.69 Å². The van der Waals surface area contributed by atoms with Gasteiger partial charge in [0, 0.05) is 39.0 Å². The molecule has 0 unspecified atom stereocenters. The van der Waals surface area contributed by atoms with Gasteiger partial charge in [-0.25, -0.2) is 0 Å². The topological polar surface area (TPSA) is 48.9 Å². The van der Waals surface area contributed by atoms with E-state index < -0.39 is 0 Å². The zero-order chi connectivity index (χ0) is 16.2. The van der Waals surface area contributed by atoms with E-state index in [1.54, 1.807) is 7.11 Å². The molecule has 0 fully saturated rings. The van der Waals surface area contributed by atoms with E-state index in [0.29, 0.717) is 13.2 Å². The number of halogens is 1. The van der Waals surface area contributed by atoms with Gasteiger partial charge in [-0.05, 0) is 32.4 Å². The van der Waals surface area contributed by atoms with E-state index >= 15 is 0 Å². The van der Waals surface area contributed by atoms with Crippen molar-refractivity contribution in [2.75, 3.05) is 51.3 Å². The maximum absolute atomic E-state index is 5.03. The zero-order valence-corrected chi connectivity index (χ0v) is 17.1. The third-order valence-electron chi connectivity index (χ3n) is 3.42. The Morgan fingerprint density at radius 3 is 2.57 bits per heavy atom. The van der Waals surface area contributed by atoms with Gasteiger partial charge >= 0.3 is 0 Å². The van der Waals surface area contributed by atoms with Gasteiger partial charge in [-0.3, -0.25) is 4.99 Å². The average Bonchev–Trinajstić information content (AvgIpc) is 2.53. The second-order valence-electron chi connectivity index (χ2n) is 5.05. The maximum atomic E-state index is 5.03. The summed E-state index contributed by atoms with van der Waals surface area (Å²) in [5.74, 6) is 0.848. The number of anilines is 1. The molecule has 0 radical (unpaired) electrons. The predicted molar refractivity (Wildman–Crippen MR) is 110 cm³/mol. The number of aliphatic imine (C=N–C) groups is 1. The van der Waals surface area contributed by atoms with Crippen LogP contribution in [0.15, 0.2) is 29.3 Å². The van der Waals surface area contributed by atoms with Crippen LogP contribution in [0.3, 0.4) is 0 Å². The Kier molecular flexibility index (Phi) is 12.8. The van der Waals surface area contributed by atoms with Crippen molar-refractivity contribution >= 4 is 35.6 Å². The molecule has 0 aliphatic carbocycles. The summed E-state index contributed by atoms with van der Waals surface area (Å²) in [5, 5.41) is 6.62. The number of aryl methyl sites for hydroxylation is 1. The highest BCUT2D eigenvalue weighted by Crippen LogP contribution is 2.18. The normalized spacial score (nSPS) is 10.9. The molecule has 0 bridgehead atoms. The third kappa shape index (κ3) is 8.41. The minimum Gasteiger partial charge on any atom is -0.383 e. The lowest BCUT2D eigenvalue weighted by Crippen LogP contribution is -2.42. The van der Waals surface area contributed by atoms with Crippen molar-refractivity contribution in [1.29, 1.82) is 0 Å². The second kappa shape index (κ2) is 13.4. The Morgan fingerprint density at radius 2 is 1.96 bits per heavy atom. The second-order valence-corrected chi connectivity index (χ2v) is 5.05. The number of hydrogen-bond donors (Lipinski definition) is 2. The molecule has 1 aromatic carbocycles. The molecule has 132 valence electrons. The van der Waals surface area contributed by atoms with Gasteiger partial charge in [0.25, 0.3) is 0 Å². The molecule has 0 aliphatic rings. The van der Waals surface area contributed by atoms with Crippen molar-refractivity contribution in [3.63, 3.8) is 0 Å². The van der Waals surface area contributed by atoms with Gasteiger partial charge in [0.15, 0.2) is 5.96 Å².